The summed E-state index contributed by atoms with van der Waals surface area (Å²) in [6.07, 6.45) is 7.43. The lowest BCUT2D eigenvalue weighted by atomic mass is 9.73. The summed E-state index contributed by atoms with van der Waals surface area (Å²) < 4.78 is 11.0. The Morgan fingerprint density at radius 1 is 1.10 bits per heavy atom. The molecule has 166 valence electrons. The lowest BCUT2D eigenvalue weighted by molar-refractivity contribution is -0.139. The molecule has 0 aromatic heterocycles. The third-order valence-corrected chi connectivity index (χ3v) is 6.61. The highest BCUT2D eigenvalue weighted by Crippen LogP contribution is 2.38. The number of hydrogen-bond donors (Lipinski definition) is 0. The van der Waals surface area contributed by atoms with E-state index >= 15 is 0 Å². The lowest BCUT2D eigenvalue weighted by Gasteiger charge is -2.44. The molecule has 0 radical (unpaired) electrons. The Morgan fingerprint density at radius 2 is 1.87 bits per heavy atom. The standard InChI is InChI=1S/C24H36N2O4/c1-25-19-24(13-15-26(16-14-24)23(28)18-29-2)12-6-5-9-20-8-3-4-10-21(20)30-17-7-11-22(25)27/h3-4,8,10H,5-7,9,11-19H2,1-2H3. The number of likely N-dealkylation sites (tertiary alicyclic amines) is 1. The number of rotatable bonds is 2. The number of carbonyl (C=O) groups excluding carboxylic acids is 2. The number of amides is 2. The van der Waals surface area contributed by atoms with Gasteiger partial charge in [-0.15, -0.1) is 0 Å². The molecule has 2 heterocycles. The fourth-order valence-electron chi connectivity index (χ4n) is 4.79. The first-order valence-corrected chi connectivity index (χ1v) is 11.2. The average Bonchev–Trinajstić information content (AvgIpc) is 2.75. The number of ether oxygens (including phenoxy) is 2. The second-order valence-corrected chi connectivity index (χ2v) is 8.83. The van der Waals surface area contributed by atoms with Gasteiger partial charge in [0.15, 0.2) is 0 Å². The van der Waals surface area contributed by atoms with Gasteiger partial charge < -0.3 is 19.3 Å². The Labute approximate surface area is 180 Å². The normalized spacial score (nSPS) is 20.9. The topological polar surface area (TPSA) is 59.1 Å². The van der Waals surface area contributed by atoms with E-state index in [9.17, 15) is 9.59 Å². The number of nitrogens with zero attached hydrogens (tertiary/aromatic N) is 2. The first-order valence-electron chi connectivity index (χ1n) is 11.2. The number of para-hydroxylation sites is 1. The highest BCUT2D eigenvalue weighted by molar-refractivity contribution is 5.77. The van der Waals surface area contributed by atoms with Crippen molar-refractivity contribution < 1.29 is 19.1 Å². The largest absolute Gasteiger partial charge is 0.493 e. The van der Waals surface area contributed by atoms with Crippen LogP contribution in [0.4, 0.5) is 0 Å². The monoisotopic (exact) mass is 416 g/mol. The van der Waals surface area contributed by atoms with Gasteiger partial charge in [0.25, 0.3) is 0 Å². The zero-order chi connectivity index (χ0) is 21.4. The van der Waals surface area contributed by atoms with E-state index in [4.69, 9.17) is 9.47 Å². The van der Waals surface area contributed by atoms with Crippen LogP contribution in [0.15, 0.2) is 24.3 Å². The molecule has 1 aromatic rings. The first-order chi connectivity index (χ1) is 14.5. The third kappa shape index (κ3) is 5.97. The number of fused-ring (bicyclic) bond motifs is 1. The molecular formula is C24H36N2O4. The van der Waals surface area contributed by atoms with Crippen molar-refractivity contribution in [2.45, 2.75) is 51.4 Å². The number of benzene rings is 1. The maximum atomic E-state index is 12.7. The van der Waals surface area contributed by atoms with Crippen LogP contribution in [-0.2, 0) is 20.7 Å². The van der Waals surface area contributed by atoms with Gasteiger partial charge in [-0.25, -0.2) is 0 Å². The van der Waals surface area contributed by atoms with Crippen LogP contribution < -0.4 is 4.74 Å². The van der Waals surface area contributed by atoms with E-state index < -0.39 is 0 Å². The van der Waals surface area contributed by atoms with E-state index in [1.807, 2.05) is 29.0 Å². The third-order valence-electron chi connectivity index (χ3n) is 6.61. The Hall–Kier alpha value is -2.08. The van der Waals surface area contributed by atoms with Gasteiger partial charge in [0.1, 0.15) is 12.4 Å². The quantitative estimate of drug-likeness (QED) is 0.742. The highest BCUT2D eigenvalue weighted by Gasteiger charge is 2.37. The second-order valence-electron chi connectivity index (χ2n) is 8.83. The SMILES string of the molecule is COCC(=O)N1CCC2(CCCCc3ccccc3OCCCC(=O)N(C)C2)CC1. The van der Waals surface area contributed by atoms with Crippen LogP contribution >= 0.6 is 0 Å². The van der Waals surface area contributed by atoms with Crippen molar-refractivity contribution in [3.63, 3.8) is 0 Å². The summed E-state index contributed by atoms with van der Waals surface area (Å²) in [6, 6.07) is 8.26. The number of carbonyl (C=O) groups is 2. The molecule has 6 heteroatoms. The van der Waals surface area contributed by atoms with Crippen molar-refractivity contribution in [1.29, 1.82) is 0 Å². The molecule has 30 heavy (non-hydrogen) atoms. The molecule has 1 aromatic carbocycles. The molecule has 0 aliphatic carbocycles. The average molecular weight is 417 g/mol. The van der Waals surface area contributed by atoms with Gasteiger partial charge in [0.2, 0.25) is 11.8 Å². The zero-order valence-electron chi connectivity index (χ0n) is 18.5. The van der Waals surface area contributed by atoms with Gasteiger partial charge in [0.05, 0.1) is 6.61 Å². The van der Waals surface area contributed by atoms with E-state index in [0.29, 0.717) is 13.0 Å². The van der Waals surface area contributed by atoms with E-state index in [1.54, 1.807) is 7.11 Å². The van der Waals surface area contributed by atoms with Crippen molar-refractivity contribution in [1.82, 2.24) is 9.80 Å². The van der Waals surface area contributed by atoms with Crippen LogP contribution in [0.5, 0.6) is 5.75 Å². The molecule has 1 fully saturated rings. The summed E-state index contributed by atoms with van der Waals surface area (Å²) in [4.78, 5) is 28.7. The predicted octanol–water partition coefficient (Wildman–Crippen LogP) is 3.29. The van der Waals surface area contributed by atoms with Crippen molar-refractivity contribution >= 4 is 11.8 Å². The Balaban J connectivity index is 1.69. The van der Waals surface area contributed by atoms with Crippen molar-refractivity contribution in [3.05, 3.63) is 29.8 Å². The minimum atomic E-state index is 0.0641. The summed E-state index contributed by atoms with van der Waals surface area (Å²) in [6.45, 7) is 2.99. The molecule has 0 atom stereocenters. The predicted molar refractivity (Wildman–Crippen MR) is 116 cm³/mol. The summed E-state index contributed by atoms with van der Waals surface area (Å²) in [5.74, 6) is 1.20. The van der Waals surface area contributed by atoms with Gasteiger partial charge in [0, 0.05) is 40.2 Å². The number of piperidine rings is 1. The Bertz CT molecular complexity index is 713. The van der Waals surface area contributed by atoms with E-state index in [2.05, 4.69) is 12.1 Å². The van der Waals surface area contributed by atoms with Crippen LogP contribution in [0.25, 0.3) is 0 Å². The fraction of sp³-hybridized carbons (Fsp3) is 0.667. The molecule has 6 nitrogen and oxygen atoms in total. The zero-order valence-corrected chi connectivity index (χ0v) is 18.5. The molecule has 2 amide bonds. The van der Waals surface area contributed by atoms with Crippen LogP contribution in [0, 0.1) is 5.41 Å². The molecular weight excluding hydrogens is 380 g/mol. The van der Waals surface area contributed by atoms with Gasteiger partial charge in [-0.1, -0.05) is 24.6 Å². The molecule has 0 N–H and O–H groups in total. The number of methoxy groups -OCH3 is 1. The minimum Gasteiger partial charge on any atom is -0.493 e. The number of aryl methyl sites for hydroxylation is 1. The first kappa shape index (κ1) is 22.6. The van der Waals surface area contributed by atoms with Gasteiger partial charge in [-0.05, 0) is 55.6 Å². The van der Waals surface area contributed by atoms with Crippen LogP contribution in [0.3, 0.4) is 0 Å². The van der Waals surface area contributed by atoms with Gasteiger partial charge in [-0.3, -0.25) is 9.59 Å². The fourth-order valence-corrected chi connectivity index (χ4v) is 4.79. The van der Waals surface area contributed by atoms with Crippen molar-refractivity contribution in [2.24, 2.45) is 5.41 Å². The maximum Gasteiger partial charge on any atom is 0.248 e. The molecule has 0 saturated carbocycles. The molecule has 1 saturated heterocycles. The van der Waals surface area contributed by atoms with E-state index in [-0.39, 0.29) is 23.8 Å². The summed E-state index contributed by atoms with van der Waals surface area (Å²) >= 11 is 0. The summed E-state index contributed by atoms with van der Waals surface area (Å²) in [5, 5.41) is 0. The summed E-state index contributed by atoms with van der Waals surface area (Å²) in [5.41, 5.74) is 1.35. The minimum absolute atomic E-state index is 0.0641. The molecule has 0 bridgehead atoms. The Morgan fingerprint density at radius 3 is 2.63 bits per heavy atom. The molecule has 1 spiro atoms. The second kappa shape index (κ2) is 10.8. The Kier molecular flexibility index (Phi) is 8.14. The van der Waals surface area contributed by atoms with Crippen molar-refractivity contribution in [3.8, 4) is 5.75 Å². The van der Waals surface area contributed by atoms with Crippen LogP contribution in [0.1, 0.15) is 50.5 Å². The smallest absolute Gasteiger partial charge is 0.248 e. The van der Waals surface area contributed by atoms with E-state index in [0.717, 1.165) is 70.3 Å². The maximum absolute atomic E-state index is 12.7. The molecule has 2 aliphatic rings. The van der Waals surface area contributed by atoms with Crippen molar-refractivity contribution in [2.75, 3.05) is 47.0 Å². The molecule has 0 unspecified atom stereocenters. The molecule has 2 aliphatic heterocycles. The molecule has 3 rings (SSSR count). The summed E-state index contributed by atoms with van der Waals surface area (Å²) in [7, 11) is 3.49. The highest BCUT2D eigenvalue weighted by atomic mass is 16.5. The number of hydrogen-bond acceptors (Lipinski definition) is 4. The van der Waals surface area contributed by atoms with Crippen LogP contribution in [-0.4, -0.2) is 68.6 Å². The van der Waals surface area contributed by atoms with Gasteiger partial charge in [-0.2, -0.15) is 0 Å². The van der Waals surface area contributed by atoms with E-state index in [1.165, 1.54) is 5.56 Å². The lowest BCUT2D eigenvalue weighted by Crippen LogP contribution is -2.49. The van der Waals surface area contributed by atoms with Gasteiger partial charge >= 0.3 is 0 Å². The van der Waals surface area contributed by atoms with Crippen LogP contribution in [0.2, 0.25) is 0 Å².